The highest BCUT2D eigenvalue weighted by Gasteiger charge is 2.92. The van der Waals surface area contributed by atoms with Gasteiger partial charge in [-0.25, -0.2) is 4.79 Å². The van der Waals surface area contributed by atoms with Crippen molar-refractivity contribution in [3.63, 3.8) is 0 Å². The summed E-state index contributed by atoms with van der Waals surface area (Å²) in [6, 6.07) is 0. The van der Waals surface area contributed by atoms with Crippen LogP contribution in [0.15, 0.2) is 12.2 Å². The molecule has 0 aromatic carbocycles. The van der Waals surface area contributed by atoms with Crippen LogP contribution in [0, 0.1) is 5.41 Å². The Labute approximate surface area is 262 Å². The summed E-state index contributed by atoms with van der Waals surface area (Å²) >= 11 is 0. The van der Waals surface area contributed by atoms with E-state index < -0.39 is 120 Å². The first kappa shape index (κ1) is 47.9. The summed E-state index contributed by atoms with van der Waals surface area (Å²) in [5.41, 5.74) is -7.32. The summed E-state index contributed by atoms with van der Waals surface area (Å²) in [4.78, 5) is 23.0. The average molecular weight is 822 g/mol. The maximum atomic E-state index is 14.3. The molecule has 0 saturated heterocycles. The van der Waals surface area contributed by atoms with Crippen LogP contribution in [0.4, 0.5) is 114 Å². The van der Waals surface area contributed by atoms with Crippen LogP contribution in [0.25, 0.3) is 0 Å². The van der Waals surface area contributed by atoms with Crippen LogP contribution < -0.4 is 0 Å². The Hall–Kier alpha value is -3.14. The molecule has 0 unspecified atom stereocenters. The predicted octanol–water partition coefficient (Wildman–Crippen LogP) is 9.74. The third kappa shape index (κ3) is 6.91. The molecule has 0 saturated carbocycles. The van der Waals surface area contributed by atoms with E-state index in [4.69, 9.17) is 5.11 Å². The molecule has 0 aliphatic heterocycles. The Morgan fingerprint density at radius 1 is 0.373 bits per heavy atom. The van der Waals surface area contributed by atoms with Gasteiger partial charge in [0, 0.05) is 18.4 Å². The second-order valence-corrected chi connectivity index (χ2v) is 10.2. The molecule has 0 aromatic rings. The molecule has 0 fully saturated rings. The third-order valence-corrected chi connectivity index (χ3v) is 6.97. The standard InChI is InChI=1S/C21H12F26O4/c1-6(7(48)49)9(8(50)51,2-4-10(22,23)12(26,27)14(30,31)16(34,35)18(38,39)20(42,43)44)3-5-11(24,25)13(28,29)15(32,33)17(36,37)19(40,41)21(45,46)47/h1-5H2,(H,48,49)(H,50,51). The van der Waals surface area contributed by atoms with Gasteiger partial charge in [0.25, 0.3) is 0 Å². The van der Waals surface area contributed by atoms with Crippen LogP contribution in [0.2, 0.25) is 0 Å². The van der Waals surface area contributed by atoms with Crippen LogP contribution >= 0.6 is 0 Å². The molecule has 0 amide bonds. The minimum Gasteiger partial charge on any atom is -0.481 e. The SMILES string of the molecule is C=C(C(=O)O)C(CCC(F)(F)C(F)(F)C(F)(F)C(F)(F)C(F)(F)C(F)(F)F)(CCC(F)(F)C(F)(F)C(F)(F)C(F)(F)C(F)(F)C(F)(F)F)C(=O)O. The molecule has 2 N–H and O–H groups in total. The molecule has 30 heteroatoms. The van der Waals surface area contributed by atoms with Crippen LogP contribution in [-0.2, 0) is 9.59 Å². The highest BCUT2D eigenvalue weighted by molar-refractivity contribution is 5.96. The van der Waals surface area contributed by atoms with E-state index in [9.17, 15) is 129 Å². The van der Waals surface area contributed by atoms with Gasteiger partial charge in [0.1, 0.15) is 0 Å². The summed E-state index contributed by atoms with van der Waals surface area (Å²) < 4.78 is 347. The minimum atomic E-state index is -8.58. The molecule has 4 nitrogen and oxygen atoms in total. The Bertz CT molecular complexity index is 1240. The zero-order chi connectivity index (χ0) is 42.1. The smallest absolute Gasteiger partial charge is 0.460 e. The second-order valence-electron chi connectivity index (χ2n) is 10.2. The second kappa shape index (κ2) is 12.8. The Kier molecular flexibility index (Phi) is 12.0. The highest BCUT2D eigenvalue weighted by atomic mass is 19.4. The van der Waals surface area contributed by atoms with Crippen molar-refractivity contribution >= 4 is 11.9 Å². The number of carboxylic acids is 2. The van der Waals surface area contributed by atoms with E-state index >= 15 is 0 Å². The molecule has 302 valence electrons. The zero-order valence-corrected chi connectivity index (χ0v) is 23.1. The summed E-state index contributed by atoms with van der Waals surface area (Å²) in [6.45, 7) is 2.14. The first-order valence-electron chi connectivity index (χ1n) is 11.8. The van der Waals surface area contributed by atoms with Crippen molar-refractivity contribution in [1.29, 1.82) is 0 Å². The van der Waals surface area contributed by atoms with Crippen molar-refractivity contribution in [2.24, 2.45) is 5.41 Å². The van der Waals surface area contributed by atoms with Crippen molar-refractivity contribution in [3.05, 3.63) is 12.2 Å². The number of carboxylic acid groups (broad SMARTS) is 2. The van der Waals surface area contributed by atoms with Gasteiger partial charge in [-0.3, -0.25) is 4.79 Å². The van der Waals surface area contributed by atoms with Gasteiger partial charge in [-0.1, -0.05) is 6.58 Å². The van der Waals surface area contributed by atoms with Gasteiger partial charge >= 0.3 is 83.5 Å². The number of hydrogen-bond donors (Lipinski definition) is 2. The Balaban J connectivity index is 7.15. The lowest BCUT2D eigenvalue weighted by Crippen LogP contribution is -2.70. The molecule has 0 aliphatic rings. The highest BCUT2D eigenvalue weighted by Crippen LogP contribution is 2.63. The van der Waals surface area contributed by atoms with Gasteiger partial charge < -0.3 is 10.2 Å². The van der Waals surface area contributed by atoms with E-state index in [2.05, 4.69) is 6.58 Å². The molecule has 0 heterocycles. The van der Waals surface area contributed by atoms with Crippen LogP contribution in [0.3, 0.4) is 0 Å². The monoisotopic (exact) mass is 822 g/mol. The first-order chi connectivity index (χ1) is 21.7. The molecule has 0 aliphatic carbocycles. The van der Waals surface area contributed by atoms with Crippen LogP contribution in [0.5, 0.6) is 0 Å². The van der Waals surface area contributed by atoms with Gasteiger partial charge in [-0.05, 0) is 12.8 Å². The van der Waals surface area contributed by atoms with Gasteiger partial charge in [-0.2, -0.15) is 114 Å². The normalized spacial score (nSPS) is 16.0. The lowest BCUT2D eigenvalue weighted by molar-refractivity contribution is -0.440. The van der Waals surface area contributed by atoms with Gasteiger partial charge in [0.2, 0.25) is 0 Å². The molecular weight excluding hydrogens is 810 g/mol. The maximum Gasteiger partial charge on any atom is 0.460 e. The molecule has 0 radical (unpaired) electrons. The topological polar surface area (TPSA) is 74.6 Å². The summed E-state index contributed by atoms with van der Waals surface area (Å²) in [5, 5.41) is 18.1. The predicted molar refractivity (Wildman–Crippen MR) is 107 cm³/mol. The van der Waals surface area contributed by atoms with Crippen LogP contribution in [-0.4, -0.2) is 93.7 Å². The summed E-state index contributed by atoms with van der Waals surface area (Å²) in [7, 11) is 0. The number of alkyl halides is 26. The van der Waals surface area contributed by atoms with E-state index in [1.807, 2.05) is 0 Å². The van der Waals surface area contributed by atoms with E-state index in [0.717, 1.165) is 0 Å². The number of aliphatic carboxylic acids is 2. The van der Waals surface area contributed by atoms with E-state index in [-0.39, 0.29) is 0 Å². The van der Waals surface area contributed by atoms with Crippen molar-refractivity contribution in [3.8, 4) is 0 Å². The number of carbonyl (C=O) groups is 2. The maximum absolute atomic E-state index is 14.3. The largest absolute Gasteiger partial charge is 0.481 e. The lowest BCUT2D eigenvalue weighted by Gasteiger charge is -2.41. The molecule has 0 atom stereocenters. The average Bonchev–Trinajstić information content (AvgIpc) is 2.90. The number of rotatable bonds is 17. The quantitative estimate of drug-likeness (QED) is 0.113. The van der Waals surface area contributed by atoms with E-state index in [0.29, 0.717) is 0 Å². The fourth-order valence-corrected chi connectivity index (χ4v) is 3.63. The van der Waals surface area contributed by atoms with Crippen LogP contribution in [0.1, 0.15) is 25.7 Å². The van der Waals surface area contributed by atoms with Crippen molar-refractivity contribution in [1.82, 2.24) is 0 Å². The van der Waals surface area contributed by atoms with E-state index in [1.165, 1.54) is 0 Å². The fraction of sp³-hybridized carbons (Fsp3) is 0.810. The summed E-state index contributed by atoms with van der Waals surface area (Å²) in [6.07, 6.45) is -29.8. The first-order valence-corrected chi connectivity index (χ1v) is 11.8. The molecule has 0 aromatic heterocycles. The van der Waals surface area contributed by atoms with E-state index in [1.54, 1.807) is 0 Å². The van der Waals surface area contributed by atoms with Crippen molar-refractivity contribution in [2.45, 2.75) is 97.3 Å². The van der Waals surface area contributed by atoms with Crippen molar-refractivity contribution < 1.29 is 134 Å². The third-order valence-electron chi connectivity index (χ3n) is 6.97. The zero-order valence-electron chi connectivity index (χ0n) is 23.1. The fourth-order valence-electron chi connectivity index (χ4n) is 3.63. The van der Waals surface area contributed by atoms with Crippen molar-refractivity contribution in [2.75, 3.05) is 0 Å². The summed E-state index contributed by atoms with van der Waals surface area (Å²) in [5.74, 6) is -88.6. The molecule has 51 heavy (non-hydrogen) atoms. The molecule has 0 rings (SSSR count). The number of hydrogen-bond acceptors (Lipinski definition) is 2. The lowest BCUT2D eigenvalue weighted by atomic mass is 9.71. The minimum absolute atomic E-state index is 2.14. The number of halogens is 26. The molecule has 0 bridgehead atoms. The molecule has 0 spiro atoms. The van der Waals surface area contributed by atoms with Gasteiger partial charge in [0.05, 0.1) is 5.41 Å². The Morgan fingerprint density at radius 2 is 0.588 bits per heavy atom. The molecular formula is C21H12F26O4. The van der Waals surface area contributed by atoms with Gasteiger partial charge in [0.15, 0.2) is 0 Å². The Morgan fingerprint density at radius 3 is 0.765 bits per heavy atom. The van der Waals surface area contributed by atoms with Gasteiger partial charge in [-0.15, -0.1) is 0 Å².